The second-order valence-corrected chi connectivity index (χ2v) is 7.05. The van der Waals surface area contributed by atoms with Crippen molar-refractivity contribution >= 4 is 54.4 Å². The first kappa shape index (κ1) is 19.1. The number of nitrogens with zero attached hydrogens (tertiary/aromatic N) is 3. The lowest BCUT2D eigenvalue weighted by atomic mass is 10.1. The number of amides is 2. The average Bonchev–Trinajstić information content (AvgIpc) is 3.19. The number of hydrogen-bond donors (Lipinski definition) is 3. The Bertz CT molecular complexity index is 989. The van der Waals surface area contributed by atoms with E-state index in [1.165, 1.54) is 16.0 Å². The molecular formula is C16H16BClN6O2S. The van der Waals surface area contributed by atoms with E-state index in [9.17, 15) is 9.59 Å². The number of rotatable bonds is 7. The molecule has 27 heavy (non-hydrogen) atoms. The van der Waals surface area contributed by atoms with Gasteiger partial charge in [0.25, 0.3) is 5.91 Å². The zero-order valence-corrected chi connectivity index (χ0v) is 16.2. The molecule has 3 N–H and O–H groups in total. The molecule has 0 bridgehead atoms. The molecule has 0 saturated heterocycles. The summed E-state index contributed by atoms with van der Waals surface area (Å²) < 4.78 is 1.43. The summed E-state index contributed by atoms with van der Waals surface area (Å²) in [6, 6.07) is 5.08. The van der Waals surface area contributed by atoms with Gasteiger partial charge in [-0.1, -0.05) is 11.6 Å². The molecule has 0 spiro atoms. The molecule has 0 unspecified atom stereocenters. The van der Waals surface area contributed by atoms with Crippen molar-refractivity contribution < 1.29 is 9.59 Å². The molecule has 11 heteroatoms. The monoisotopic (exact) mass is 402 g/mol. The van der Waals surface area contributed by atoms with Crippen LogP contribution < -0.4 is 21.8 Å². The molecule has 0 fully saturated rings. The number of halogens is 1. The lowest BCUT2D eigenvalue weighted by molar-refractivity contribution is -0.110. The molecule has 2 amide bonds. The molecule has 3 rings (SSSR count). The highest BCUT2D eigenvalue weighted by molar-refractivity contribution is 7.10. The molecular weight excluding hydrogens is 387 g/mol. The maximum Gasteiger partial charge on any atom is 0.274 e. The topological polar surface area (TPSA) is 101 Å². The average molecular weight is 403 g/mol. The van der Waals surface area contributed by atoms with Crippen LogP contribution in [0.1, 0.15) is 20.9 Å². The van der Waals surface area contributed by atoms with Crippen molar-refractivity contribution in [3.05, 3.63) is 50.9 Å². The van der Waals surface area contributed by atoms with Gasteiger partial charge in [-0.25, -0.2) is 15.1 Å². The SMILES string of the molecule is Bc1cc(C(=O)Nc2c(C)csc2CNNC=O)n(-c2ncccc2Cl)n1. The molecule has 3 aromatic rings. The maximum absolute atomic E-state index is 12.9. The number of hydrazine groups is 1. The van der Waals surface area contributed by atoms with Crippen molar-refractivity contribution in [3.63, 3.8) is 0 Å². The highest BCUT2D eigenvalue weighted by Crippen LogP contribution is 2.28. The molecule has 0 atom stereocenters. The van der Waals surface area contributed by atoms with Crippen molar-refractivity contribution in [3.8, 4) is 5.82 Å². The molecule has 3 heterocycles. The fourth-order valence-corrected chi connectivity index (χ4v) is 3.63. The van der Waals surface area contributed by atoms with E-state index in [2.05, 4.69) is 26.3 Å². The zero-order chi connectivity index (χ0) is 19.4. The zero-order valence-electron chi connectivity index (χ0n) is 14.6. The van der Waals surface area contributed by atoms with Crippen LogP contribution in [0.2, 0.25) is 5.02 Å². The van der Waals surface area contributed by atoms with E-state index in [0.29, 0.717) is 40.8 Å². The summed E-state index contributed by atoms with van der Waals surface area (Å²) in [4.78, 5) is 28.4. The van der Waals surface area contributed by atoms with Gasteiger partial charge in [0.15, 0.2) is 13.7 Å². The number of nitrogens with one attached hydrogen (secondary N) is 3. The van der Waals surface area contributed by atoms with E-state index in [1.807, 2.05) is 12.3 Å². The molecule has 0 aromatic carbocycles. The minimum atomic E-state index is -0.330. The van der Waals surface area contributed by atoms with E-state index in [1.54, 1.807) is 32.2 Å². The van der Waals surface area contributed by atoms with Crippen molar-refractivity contribution in [2.75, 3.05) is 5.32 Å². The maximum atomic E-state index is 12.9. The van der Waals surface area contributed by atoms with Gasteiger partial charge in [-0.2, -0.15) is 5.10 Å². The summed E-state index contributed by atoms with van der Waals surface area (Å²) in [5.41, 5.74) is 7.76. The van der Waals surface area contributed by atoms with Crippen LogP contribution in [0.5, 0.6) is 0 Å². The third-order valence-corrected chi connectivity index (χ3v) is 5.10. The van der Waals surface area contributed by atoms with Crippen LogP contribution in [0, 0.1) is 6.92 Å². The van der Waals surface area contributed by atoms with Crippen LogP contribution in [-0.2, 0) is 11.3 Å². The van der Waals surface area contributed by atoms with Crippen molar-refractivity contribution in [1.29, 1.82) is 0 Å². The van der Waals surface area contributed by atoms with Crippen molar-refractivity contribution in [2.24, 2.45) is 0 Å². The van der Waals surface area contributed by atoms with Crippen LogP contribution in [0.25, 0.3) is 5.82 Å². The van der Waals surface area contributed by atoms with Crippen LogP contribution in [0.4, 0.5) is 5.69 Å². The number of pyridine rings is 1. The number of anilines is 1. The smallest absolute Gasteiger partial charge is 0.274 e. The van der Waals surface area contributed by atoms with E-state index in [4.69, 9.17) is 11.6 Å². The summed E-state index contributed by atoms with van der Waals surface area (Å²) in [5.74, 6) is 0.0555. The molecule has 0 radical (unpaired) electrons. The minimum Gasteiger partial charge on any atom is -0.319 e. The first-order chi connectivity index (χ1) is 13.0. The summed E-state index contributed by atoms with van der Waals surface area (Å²) in [5, 5.41) is 9.61. The second-order valence-electron chi connectivity index (χ2n) is 5.68. The van der Waals surface area contributed by atoms with Crippen molar-refractivity contribution in [2.45, 2.75) is 13.5 Å². The summed E-state index contributed by atoms with van der Waals surface area (Å²) in [6.07, 6.45) is 2.14. The number of aryl methyl sites for hydroxylation is 1. The Balaban J connectivity index is 1.89. The van der Waals surface area contributed by atoms with Gasteiger partial charge in [-0.05, 0) is 36.1 Å². The second kappa shape index (κ2) is 8.34. The summed E-state index contributed by atoms with van der Waals surface area (Å²) in [6.45, 7) is 2.29. The van der Waals surface area contributed by atoms with Gasteiger partial charge in [0.2, 0.25) is 6.41 Å². The number of hydrogen-bond acceptors (Lipinski definition) is 6. The number of thiophene rings is 1. The quantitative estimate of drug-likeness (QED) is 0.232. The molecule has 0 aliphatic rings. The fraction of sp³-hybridized carbons (Fsp3) is 0.125. The summed E-state index contributed by atoms with van der Waals surface area (Å²) >= 11 is 7.69. The van der Waals surface area contributed by atoms with Gasteiger partial charge in [-0.3, -0.25) is 15.0 Å². The summed E-state index contributed by atoms with van der Waals surface area (Å²) in [7, 11) is 1.79. The fourth-order valence-electron chi connectivity index (χ4n) is 2.50. The normalized spacial score (nSPS) is 10.6. The van der Waals surface area contributed by atoms with E-state index in [0.717, 1.165) is 10.4 Å². The number of carbonyl (C=O) groups is 2. The van der Waals surface area contributed by atoms with Crippen LogP contribution in [-0.4, -0.2) is 34.9 Å². The van der Waals surface area contributed by atoms with Crippen LogP contribution in [0.3, 0.4) is 0 Å². The Morgan fingerprint density at radius 2 is 2.30 bits per heavy atom. The van der Waals surface area contributed by atoms with Gasteiger partial charge in [0.1, 0.15) is 5.69 Å². The van der Waals surface area contributed by atoms with E-state index in [-0.39, 0.29) is 5.91 Å². The van der Waals surface area contributed by atoms with E-state index < -0.39 is 0 Å². The first-order valence-electron chi connectivity index (χ1n) is 7.99. The third-order valence-electron chi connectivity index (χ3n) is 3.70. The van der Waals surface area contributed by atoms with Gasteiger partial charge in [-0.15, -0.1) is 11.3 Å². The molecule has 8 nitrogen and oxygen atoms in total. The Morgan fingerprint density at radius 3 is 3.04 bits per heavy atom. The Hall–Kier alpha value is -2.69. The third kappa shape index (κ3) is 4.18. The molecule has 3 aromatic heterocycles. The highest BCUT2D eigenvalue weighted by Gasteiger charge is 2.20. The minimum absolute atomic E-state index is 0.323. The number of aromatic nitrogens is 3. The predicted molar refractivity (Wildman–Crippen MR) is 108 cm³/mol. The number of carbonyl (C=O) groups excluding carboxylic acids is 2. The van der Waals surface area contributed by atoms with Gasteiger partial charge in [0.05, 0.1) is 17.3 Å². The Morgan fingerprint density at radius 1 is 1.48 bits per heavy atom. The van der Waals surface area contributed by atoms with Crippen LogP contribution >= 0.6 is 22.9 Å². The first-order valence-corrected chi connectivity index (χ1v) is 9.25. The van der Waals surface area contributed by atoms with Gasteiger partial charge < -0.3 is 5.32 Å². The van der Waals surface area contributed by atoms with E-state index >= 15 is 0 Å². The Labute approximate surface area is 165 Å². The van der Waals surface area contributed by atoms with Gasteiger partial charge in [0, 0.05) is 16.7 Å². The highest BCUT2D eigenvalue weighted by atomic mass is 35.5. The standard InChI is InChI=1S/C16H16BClN6O2S/c1-9-7-27-12(6-20-21-8-25)14(9)22-16(26)11-5-13(17)23-24(11)15-10(18)3-2-4-19-15/h2-5,7-8,20H,6,17H2,1H3,(H,21,25)(H,22,26). The largest absolute Gasteiger partial charge is 0.319 e. The molecule has 0 saturated carbocycles. The Kier molecular flexibility index (Phi) is 5.89. The lowest BCUT2D eigenvalue weighted by Gasteiger charge is -2.11. The molecule has 138 valence electrons. The predicted octanol–water partition coefficient (Wildman–Crippen LogP) is 0.552. The van der Waals surface area contributed by atoms with Crippen LogP contribution in [0.15, 0.2) is 29.8 Å². The van der Waals surface area contributed by atoms with Gasteiger partial charge >= 0.3 is 0 Å². The lowest BCUT2D eigenvalue weighted by Crippen LogP contribution is -2.29. The van der Waals surface area contributed by atoms with Crippen molar-refractivity contribution in [1.82, 2.24) is 25.6 Å². The molecule has 0 aliphatic heterocycles. The molecule has 0 aliphatic carbocycles.